The van der Waals surface area contributed by atoms with E-state index in [0.717, 1.165) is 42.4 Å². The maximum absolute atomic E-state index is 13.0. The van der Waals surface area contributed by atoms with Gasteiger partial charge in [-0.3, -0.25) is 9.69 Å². The second-order valence-corrected chi connectivity index (χ2v) is 10.1. The van der Waals surface area contributed by atoms with Gasteiger partial charge in [-0.2, -0.15) is 0 Å². The molecule has 2 aromatic heterocycles. The Morgan fingerprint density at radius 1 is 1.00 bits per heavy atom. The lowest BCUT2D eigenvalue weighted by atomic mass is 9.88. The number of thiophene rings is 1. The fourth-order valence-electron chi connectivity index (χ4n) is 5.36. The number of hydrogen-bond acceptors (Lipinski definition) is 6. The molecule has 1 amide bonds. The first-order valence-corrected chi connectivity index (χ1v) is 12.7. The average Bonchev–Trinajstić information content (AvgIpc) is 3.60. The Kier molecular flexibility index (Phi) is 5.60. The smallest absolute Gasteiger partial charge is 0.291 e. The van der Waals surface area contributed by atoms with Gasteiger partial charge < -0.3 is 19.2 Å². The van der Waals surface area contributed by atoms with Crippen molar-refractivity contribution in [1.82, 2.24) is 4.90 Å². The molecule has 3 aromatic rings. The highest BCUT2D eigenvalue weighted by Crippen LogP contribution is 2.47. The number of hydrogen-bond donors (Lipinski definition) is 1. The first-order valence-electron chi connectivity index (χ1n) is 11.9. The van der Waals surface area contributed by atoms with Crippen LogP contribution in [0.15, 0.2) is 41.0 Å². The van der Waals surface area contributed by atoms with Gasteiger partial charge in [-0.15, -0.1) is 11.3 Å². The summed E-state index contributed by atoms with van der Waals surface area (Å²) in [5.74, 6) is 1.75. The van der Waals surface area contributed by atoms with Crippen LogP contribution in [0.5, 0.6) is 11.5 Å². The Morgan fingerprint density at radius 2 is 1.85 bits per heavy atom. The number of likely N-dealkylation sites (tertiary alicyclic amines) is 1. The Morgan fingerprint density at radius 3 is 2.70 bits per heavy atom. The van der Waals surface area contributed by atoms with Gasteiger partial charge in [0.1, 0.15) is 5.00 Å². The first-order chi connectivity index (χ1) is 16.3. The predicted octanol–water partition coefficient (Wildman–Crippen LogP) is 5.78. The van der Waals surface area contributed by atoms with Crippen LogP contribution in [0.4, 0.5) is 5.00 Å². The molecule has 4 heterocycles. The molecule has 1 aromatic carbocycles. The fourth-order valence-corrected chi connectivity index (χ4v) is 6.68. The lowest BCUT2D eigenvalue weighted by Crippen LogP contribution is -2.35. The maximum Gasteiger partial charge on any atom is 0.291 e. The summed E-state index contributed by atoms with van der Waals surface area (Å²) < 4.78 is 16.7. The molecule has 0 bridgehead atoms. The second-order valence-electron chi connectivity index (χ2n) is 9.00. The molecular weight excluding hydrogens is 436 g/mol. The number of carbonyl (C=O) groups excluding carboxylic acids is 1. The maximum atomic E-state index is 13.0. The number of aryl methyl sites for hydroxylation is 1. The third-order valence-electron chi connectivity index (χ3n) is 6.93. The molecule has 33 heavy (non-hydrogen) atoms. The predicted molar refractivity (Wildman–Crippen MR) is 127 cm³/mol. The molecule has 0 spiro atoms. The summed E-state index contributed by atoms with van der Waals surface area (Å²) >= 11 is 1.74. The molecule has 7 heteroatoms. The number of nitrogens with one attached hydrogen (secondary N) is 1. The van der Waals surface area contributed by atoms with Gasteiger partial charge in [-0.1, -0.05) is 12.5 Å². The van der Waals surface area contributed by atoms with Crippen LogP contribution >= 0.6 is 11.3 Å². The molecule has 172 valence electrons. The molecule has 0 saturated carbocycles. The SMILES string of the molecule is O=C(Nc1sc2c(c1C(c1ccc3c(c1)OCO3)N1CCCCC1)CCCC2)c1ccco1. The van der Waals surface area contributed by atoms with E-state index in [2.05, 4.69) is 22.3 Å². The van der Waals surface area contributed by atoms with E-state index >= 15 is 0 Å². The molecule has 6 nitrogen and oxygen atoms in total. The highest BCUT2D eigenvalue weighted by Gasteiger charge is 2.33. The largest absolute Gasteiger partial charge is 0.459 e. The number of furan rings is 1. The van der Waals surface area contributed by atoms with Crippen molar-refractivity contribution in [2.45, 2.75) is 51.0 Å². The summed E-state index contributed by atoms with van der Waals surface area (Å²) in [5, 5.41) is 4.17. The minimum absolute atomic E-state index is 0.0739. The summed E-state index contributed by atoms with van der Waals surface area (Å²) in [6.45, 7) is 2.37. The van der Waals surface area contributed by atoms with Crippen molar-refractivity contribution in [2.75, 3.05) is 25.2 Å². The zero-order valence-corrected chi connectivity index (χ0v) is 19.4. The fraction of sp³-hybridized carbons (Fsp3) is 0.423. The summed E-state index contributed by atoms with van der Waals surface area (Å²) in [6.07, 6.45) is 9.74. The normalized spacial score (nSPS) is 18.7. The zero-order valence-electron chi connectivity index (χ0n) is 18.6. The molecule has 1 aliphatic carbocycles. The number of carbonyl (C=O) groups is 1. The highest BCUT2D eigenvalue weighted by molar-refractivity contribution is 7.16. The number of fused-ring (bicyclic) bond motifs is 2. The number of nitrogens with zero attached hydrogens (tertiary/aromatic N) is 1. The molecule has 1 N–H and O–H groups in total. The minimum Gasteiger partial charge on any atom is -0.459 e. The van der Waals surface area contributed by atoms with Crippen LogP contribution in [0, 0.1) is 0 Å². The quantitative estimate of drug-likeness (QED) is 0.519. The van der Waals surface area contributed by atoms with E-state index in [4.69, 9.17) is 13.9 Å². The first kappa shape index (κ1) is 20.8. The molecule has 6 rings (SSSR count). The monoisotopic (exact) mass is 464 g/mol. The van der Waals surface area contributed by atoms with Crippen molar-refractivity contribution < 1.29 is 18.7 Å². The van der Waals surface area contributed by atoms with Crippen molar-refractivity contribution in [2.24, 2.45) is 0 Å². The van der Waals surface area contributed by atoms with Gasteiger partial charge in [-0.25, -0.2) is 0 Å². The van der Waals surface area contributed by atoms with Crippen molar-refractivity contribution in [3.05, 3.63) is 63.9 Å². The third kappa shape index (κ3) is 3.93. The van der Waals surface area contributed by atoms with E-state index in [0.29, 0.717) is 5.76 Å². The molecule has 1 saturated heterocycles. The van der Waals surface area contributed by atoms with E-state index < -0.39 is 0 Å². The number of amides is 1. The van der Waals surface area contributed by atoms with E-state index in [1.165, 1.54) is 53.7 Å². The third-order valence-corrected chi connectivity index (χ3v) is 8.15. The van der Waals surface area contributed by atoms with E-state index in [1.807, 2.05) is 6.07 Å². The molecule has 3 aliphatic rings. The van der Waals surface area contributed by atoms with Crippen LogP contribution < -0.4 is 14.8 Å². The molecule has 1 unspecified atom stereocenters. The van der Waals surface area contributed by atoms with Gasteiger partial charge >= 0.3 is 0 Å². The number of piperidine rings is 1. The topological polar surface area (TPSA) is 63.9 Å². The number of benzene rings is 1. The Labute approximate surface area is 197 Å². The Balaban J connectivity index is 1.46. The number of anilines is 1. The van der Waals surface area contributed by atoms with Crippen molar-refractivity contribution in [3.63, 3.8) is 0 Å². The zero-order chi connectivity index (χ0) is 22.2. The van der Waals surface area contributed by atoms with Crippen LogP contribution in [0.2, 0.25) is 0 Å². The van der Waals surface area contributed by atoms with E-state index in [9.17, 15) is 4.79 Å². The van der Waals surface area contributed by atoms with Crippen molar-refractivity contribution in [3.8, 4) is 11.5 Å². The van der Waals surface area contributed by atoms with Crippen LogP contribution in [0.25, 0.3) is 0 Å². The summed E-state index contributed by atoms with van der Waals surface area (Å²) in [7, 11) is 0. The Bertz CT molecular complexity index is 1150. The standard InChI is InChI=1S/C26H28N2O4S/c29-25(20-8-6-14-30-20)27-26-23(18-7-2-3-9-22(18)33-26)24(28-12-4-1-5-13-28)17-10-11-19-21(15-17)32-16-31-19/h6,8,10-11,14-15,24H,1-5,7,9,12-13,16H2,(H,27,29). The van der Waals surface area contributed by atoms with Crippen LogP contribution in [0.3, 0.4) is 0 Å². The number of ether oxygens (including phenoxy) is 2. The van der Waals surface area contributed by atoms with Gasteiger partial charge in [0.15, 0.2) is 17.3 Å². The van der Waals surface area contributed by atoms with Gasteiger partial charge in [0.05, 0.1) is 12.3 Å². The van der Waals surface area contributed by atoms with E-state index in [-0.39, 0.29) is 18.7 Å². The summed E-state index contributed by atoms with van der Waals surface area (Å²) in [6, 6.07) is 9.85. The van der Waals surface area contributed by atoms with Crippen LogP contribution in [-0.4, -0.2) is 30.7 Å². The average molecular weight is 465 g/mol. The van der Waals surface area contributed by atoms with Gasteiger partial charge in [0, 0.05) is 10.4 Å². The van der Waals surface area contributed by atoms with Crippen LogP contribution in [-0.2, 0) is 12.8 Å². The molecule has 2 aliphatic heterocycles. The van der Waals surface area contributed by atoms with Crippen molar-refractivity contribution in [1.29, 1.82) is 0 Å². The minimum atomic E-state index is -0.192. The molecular formula is C26H28N2O4S. The molecule has 1 fully saturated rings. The second kappa shape index (κ2) is 8.88. The number of rotatable bonds is 5. The van der Waals surface area contributed by atoms with Crippen molar-refractivity contribution >= 4 is 22.2 Å². The lowest BCUT2D eigenvalue weighted by Gasteiger charge is -2.36. The molecule has 1 atom stereocenters. The van der Waals surface area contributed by atoms with Gasteiger partial charge in [0.2, 0.25) is 6.79 Å². The molecule has 0 radical (unpaired) electrons. The lowest BCUT2D eigenvalue weighted by molar-refractivity contribution is 0.0996. The van der Waals surface area contributed by atoms with E-state index in [1.54, 1.807) is 29.7 Å². The van der Waals surface area contributed by atoms with Crippen LogP contribution in [0.1, 0.15) is 70.3 Å². The van der Waals surface area contributed by atoms with Gasteiger partial charge in [0.25, 0.3) is 5.91 Å². The highest BCUT2D eigenvalue weighted by atomic mass is 32.1. The summed E-state index contributed by atoms with van der Waals surface area (Å²) in [5.41, 5.74) is 3.88. The summed E-state index contributed by atoms with van der Waals surface area (Å²) in [4.78, 5) is 17.0. The van der Waals surface area contributed by atoms with Gasteiger partial charge in [-0.05, 0) is 87.0 Å². The Hall–Kier alpha value is -2.77.